The minimum Gasteiger partial charge on any atom is -0.376 e. The van der Waals surface area contributed by atoms with Gasteiger partial charge in [0, 0.05) is 43.9 Å². The summed E-state index contributed by atoms with van der Waals surface area (Å²) in [6, 6.07) is 20.2. The number of likely N-dealkylation sites (tertiary alicyclic amines) is 1. The molecule has 5 heteroatoms. The molecule has 2 N–H and O–H groups in total. The van der Waals surface area contributed by atoms with Gasteiger partial charge in [0.2, 0.25) is 0 Å². The Labute approximate surface area is 148 Å². The molecule has 5 nitrogen and oxygen atoms in total. The van der Waals surface area contributed by atoms with E-state index >= 15 is 0 Å². The van der Waals surface area contributed by atoms with Crippen molar-refractivity contribution in [3.8, 4) is 0 Å². The van der Waals surface area contributed by atoms with Gasteiger partial charge in [-0.05, 0) is 17.7 Å². The van der Waals surface area contributed by atoms with Gasteiger partial charge in [0.15, 0.2) is 0 Å². The summed E-state index contributed by atoms with van der Waals surface area (Å²) in [7, 11) is 0. The summed E-state index contributed by atoms with van der Waals surface area (Å²) in [5.74, 6) is -0.122. The molecule has 0 aliphatic carbocycles. The third kappa shape index (κ3) is 5.72. The van der Waals surface area contributed by atoms with E-state index in [2.05, 4.69) is 45.0 Å². The Bertz CT molecular complexity index is 690. The molecule has 1 aliphatic rings. The van der Waals surface area contributed by atoms with Gasteiger partial charge >= 0.3 is 0 Å². The Morgan fingerprint density at radius 1 is 0.960 bits per heavy atom. The van der Waals surface area contributed by atoms with Gasteiger partial charge in [-0.2, -0.15) is 5.10 Å². The lowest BCUT2D eigenvalue weighted by molar-refractivity contribution is -0.119. The summed E-state index contributed by atoms with van der Waals surface area (Å²) in [5, 5.41) is 7.36. The smallest absolute Gasteiger partial charge is 0.259 e. The van der Waals surface area contributed by atoms with E-state index in [1.165, 1.54) is 5.56 Å². The number of nitrogens with zero attached hydrogens (tertiary/aromatic N) is 2. The number of benzene rings is 2. The van der Waals surface area contributed by atoms with Crippen molar-refractivity contribution in [1.29, 1.82) is 0 Å². The normalized spacial score (nSPS) is 14.8. The van der Waals surface area contributed by atoms with Gasteiger partial charge in [-0.1, -0.05) is 48.5 Å². The maximum Gasteiger partial charge on any atom is 0.259 e. The van der Waals surface area contributed by atoms with Gasteiger partial charge in [-0.15, -0.1) is 0 Å². The van der Waals surface area contributed by atoms with E-state index in [1.807, 2.05) is 36.4 Å². The molecule has 0 aromatic heterocycles. The highest BCUT2D eigenvalue weighted by atomic mass is 16.2. The van der Waals surface area contributed by atoms with Crippen LogP contribution in [0.25, 0.3) is 0 Å². The first kappa shape index (κ1) is 17.2. The highest BCUT2D eigenvalue weighted by Gasteiger charge is 2.15. The van der Waals surface area contributed by atoms with Crippen LogP contribution in [-0.2, 0) is 11.3 Å². The van der Waals surface area contributed by atoms with Crippen molar-refractivity contribution < 1.29 is 4.79 Å². The van der Waals surface area contributed by atoms with Crippen molar-refractivity contribution in [2.75, 3.05) is 25.0 Å². The quantitative estimate of drug-likeness (QED) is 0.798. The summed E-state index contributed by atoms with van der Waals surface area (Å²) in [5.41, 5.74) is 5.99. The zero-order valence-corrected chi connectivity index (χ0v) is 14.3. The number of carbonyl (C=O) groups excluding carboxylic acids is 1. The number of amides is 1. The van der Waals surface area contributed by atoms with Crippen LogP contribution in [0, 0.1) is 0 Å². The monoisotopic (exact) mass is 336 g/mol. The molecule has 0 radical (unpaired) electrons. The van der Waals surface area contributed by atoms with E-state index in [-0.39, 0.29) is 12.5 Å². The highest BCUT2D eigenvalue weighted by Crippen LogP contribution is 2.11. The molecular formula is C20H24N4O. The number of rotatable bonds is 6. The van der Waals surface area contributed by atoms with Crippen LogP contribution in [0.15, 0.2) is 65.8 Å². The molecule has 2 aromatic rings. The summed E-state index contributed by atoms with van der Waals surface area (Å²) in [6.45, 7) is 3.15. The zero-order chi connectivity index (χ0) is 17.3. The summed E-state index contributed by atoms with van der Waals surface area (Å²) < 4.78 is 0. The molecule has 3 rings (SSSR count). The van der Waals surface area contributed by atoms with E-state index in [0.29, 0.717) is 0 Å². The van der Waals surface area contributed by atoms with Gasteiger partial charge in [-0.25, -0.2) is 5.43 Å². The summed E-state index contributed by atoms with van der Waals surface area (Å²) in [6.07, 6.45) is 1.80. The van der Waals surface area contributed by atoms with E-state index in [9.17, 15) is 4.79 Å². The van der Waals surface area contributed by atoms with Crippen molar-refractivity contribution in [1.82, 2.24) is 10.3 Å². The molecule has 1 heterocycles. The summed E-state index contributed by atoms with van der Waals surface area (Å²) >= 11 is 0. The van der Waals surface area contributed by atoms with Crippen LogP contribution in [0.2, 0.25) is 0 Å². The SMILES string of the molecule is O=C(CNc1ccccc1)NN=C1CCN(Cc2ccccc2)CC1. The number of hydrogen-bond donors (Lipinski definition) is 2. The van der Waals surface area contributed by atoms with E-state index < -0.39 is 0 Å². The second-order valence-electron chi connectivity index (χ2n) is 6.19. The first-order valence-corrected chi connectivity index (χ1v) is 8.69. The molecule has 1 saturated heterocycles. The minimum absolute atomic E-state index is 0.122. The number of hydrogen-bond acceptors (Lipinski definition) is 4. The Hall–Kier alpha value is -2.66. The van der Waals surface area contributed by atoms with Gasteiger partial charge in [0.1, 0.15) is 0 Å². The molecule has 2 aromatic carbocycles. The van der Waals surface area contributed by atoms with Crippen molar-refractivity contribution >= 4 is 17.3 Å². The number of hydrazone groups is 1. The van der Waals surface area contributed by atoms with Crippen molar-refractivity contribution in [2.45, 2.75) is 19.4 Å². The Morgan fingerprint density at radius 2 is 1.60 bits per heavy atom. The first-order valence-electron chi connectivity index (χ1n) is 8.69. The number of nitrogens with one attached hydrogen (secondary N) is 2. The molecule has 0 unspecified atom stereocenters. The molecule has 1 fully saturated rings. The molecule has 130 valence electrons. The van der Waals surface area contributed by atoms with Crippen LogP contribution in [0.5, 0.6) is 0 Å². The predicted molar refractivity (Wildman–Crippen MR) is 101 cm³/mol. The molecule has 0 saturated carbocycles. The Balaban J connectivity index is 1.38. The average molecular weight is 336 g/mol. The molecule has 25 heavy (non-hydrogen) atoms. The van der Waals surface area contributed by atoms with Crippen molar-refractivity contribution in [3.05, 3.63) is 66.2 Å². The fourth-order valence-electron chi connectivity index (χ4n) is 2.84. The first-order chi connectivity index (χ1) is 12.3. The second-order valence-corrected chi connectivity index (χ2v) is 6.19. The van der Waals surface area contributed by atoms with Crippen LogP contribution in [0.3, 0.4) is 0 Å². The van der Waals surface area contributed by atoms with Gasteiger partial charge in [0.05, 0.1) is 6.54 Å². The van der Waals surface area contributed by atoms with E-state index in [4.69, 9.17) is 0 Å². The standard InChI is InChI=1S/C20H24N4O/c25-20(15-21-18-9-5-2-6-10-18)23-22-19-11-13-24(14-12-19)16-17-7-3-1-4-8-17/h1-10,21H,11-16H2,(H,23,25). The van der Waals surface area contributed by atoms with Crippen LogP contribution >= 0.6 is 0 Å². The van der Waals surface area contributed by atoms with Crippen molar-refractivity contribution in [3.63, 3.8) is 0 Å². The van der Waals surface area contributed by atoms with Gasteiger partial charge in [-0.3, -0.25) is 9.69 Å². The number of anilines is 1. The van der Waals surface area contributed by atoms with Crippen molar-refractivity contribution in [2.24, 2.45) is 5.10 Å². The topological polar surface area (TPSA) is 56.7 Å². The van der Waals surface area contributed by atoms with Crippen LogP contribution in [0.1, 0.15) is 18.4 Å². The number of piperidine rings is 1. The molecule has 0 spiro atoms. The highest BCUT2D eigenvalue weighted by molar-refractivity contribution is 5.88. The largest absolute Gasteiger partial charge is 0.376 e. The van der Waals surface area contributed by atoms with Gasteiger partial charge < -0.3 is 5.32 Å². The van der Waals surface area contributed by atoms with E-state index in [1.54, 1.807) is 0 Å². The lowest BCUT2D eigenvalue weighted by atomic mass is 10.1. The third-order valence-electron chi connectivity index (χ3n) is 4.25. The van der Waals surface area contributed by atoms with E-state index in [0.717, 1.165) is 43.9 Å². The Kier molecular flexibility index (Phi) is 6.17. The maximum atomic E-state index is 11.9. The molecule has 0 bridgehead atoms. The molecule has 1 aliphatic heterocycles. The number of para-hydroxylation sites is 1. The minimum atomic E-state index is -0.122. The Morgan fingerprint density at radius 3 is 2.28 bits per heavy atom. The molecule has 1 amide bonds. The maximum absolute atomic E-state index is 11.9. The zero-order valence-electron chi connectivity index (χ0n) is 14.3. The number of carbonyl (C=O) groups is 1. The second kappa shape index (κ2) is 8.99. The van der Waals surface area contributed by atoms with Crippen LogP contribution in [-0.4, -0.2) is 36.2 Å². The fraction of sp³-hybridized carbons (Fsp3) is 0.300. The van der Waals surface area contributed by atoms with Gasteiger partial charge in [0.25, 0.3) is 5.91 Å². The average Bonchev–Trinajstić information content (AvgIpc) is 2.67. The predicted octanol–water partition coefficient (Wildman–Crippen LogP) is 2.87. The lowest BCUT2D eigenvalue weighted by Crippen LogP contribution is -2.35. The molecule has 0 atom stereocenters. The fourth-order valence-corrected chi connectivity index (χ4v) is 2.84. The van der Waals surface area contributed by atoms with Crippen LogP contribution in [0.4, 0.5) is 5.69 Å². The van der Waals surface area contributed by atoms with Crippen LogP contribution < -0.4 is 10.7 Å². The molecular weight excluding hydrogens is 312 g/mol. The summed E-state index contributed by atoms with van der Waals surface area (Å²) in [4.78, 5) is 14.3. The third-order valence-corrected chi connectivity index (χ3v) is 4.25. The lowest BCUT2D eigenvalue weighted by Gasteiger charge is -2.27.